The second kappa shape index (κ2) is 8.37. The van der Waals surface area contributed by atoms with Crippen molar-refractivity contribution in [2.24, 2.45) is 0 Å². The fraction of sp³-hybridized carbons (Fsp3) is 0.611. The molecule has 1 saturated heterocycles. The van der Waals surface area contributed by atoms with E-state index >= 15 is 0 Å². The van der Waals surface area contributed by atoms with E-state index in [0.717, 1.165) is 25.9 Å². The van der Waals surface area contributed by atoms with Crippen LogP contribution in [0.15, 0.2) is 29.2 Å². The molecular weight excluding hydrogens is 354 g/mol. The minimum absolute atomic E-state index is 0.0161. The molecule has 7 nitrogen and oxygen atoms in total. The van der Waals surface area contributed by atoms with Gasteiger partial charge in [0.25, 0.3) is 0 Å². The Balaban J connectivity index is 1.67. The molecule has 0 aromatic heterocycles. The van der Waals surface area contributed by atoms with Gasteiger partial charge in [0.1, 0.15) is 5.75 Å². The van der Waals surface area contributed by atoms with Crippen LogP contribution in [0, 0.1) is 0 Å². The number of carbonyl (C=O) groups excluding carboxylic acids is 1. The SMILES string of the molecule is CCOc1ccc(S(=O)(=O)N(CCC(=O)N2CCNCC2)C2CC2)cc1. The van der Waals surface area contributed by atoms with Crippen molar-refractivity contribution < 1.29 is 17.9 Å². The molecule has 144 valence electrons. The van der Waals surface area contributed by atoms with Crippen molar-refractivity contribution in [2.45, 2.75) is 37.1 Å². The van der Waals surface area contributed by atoms with Gasteiger partial charge in [-0.25, -0.2) is 8.42 Å². The average molecular weight is 381 g/mol. The Kier molecular flexibility index (Phi) is 6.16. The van der Waals surface area contributed by atoms with Crippen LogP contribution in [-0.2, 0) is 14.8 Å². The van der Waals surface area contributed by atoms with Crippen LogP contribution in [0.4, 0.5) is 0 Å². The Morgan fingerprint density at radius 2 is 1.88 bits per heavy atom. The zero-order valence-corrected chi connectivity index (χ0v) is 16.0. The molecule has 2 fully saturated rings. The number of amides is 1. The molecular formula is C18H27N3O4S. The first kappa shape index (κ1) is 19.1. The lowest BCUT2D eigenvalue weighted by Gasteiger charge is -2.29. The van der Waals surface area contributed by atoms with Gasteiger partial charge in [-0.15, -0.1) is 0 Å². The van der Waals surface area contributed by atoms with Gasteiger partial charge in [0, 0.05) is 45.2 Å². The second-order valence-corrected chi connectivity index (χ2v) is 8.52. The topological polar surface area (TPSA) is 79.0 Å². The van der Waals surface area contributed by atoms with Crippen molar-refractivity contribution in [1.82, 2.24) is 14.5 Å². The fourth-order valence-corrected chi connectivity index (χ4v) is 4.84. The summed E-state index contributed by atoms with van der Waals surface area (Å²) in [6.07, 6.45) is 1.95. The van der Waals surface area contributed by atoms with Crippen LogP contribution >= 0.6 is 0 Å². The molecule has 0 spiro atoms. The highest BCUT2D eigenvalue weighted by molar-refractivity contribution is 7.89. The van der Waals surface area contributed by atoms with Gasteiger partial charge in [0.05, 0.1) is 11.5 Å². The van der Waals surface area contributed by atoms with Gasteiger partial charge >= 0.3 is 0 Å². The summed E-state index contributed by atoms with van der Waals surface area (Å²) in [7, 11) is -3.60. The van der Waals surface area contributed by atoms with E-state index in [0.29, 0.717) is 25.4 Å². The maximum atomic E-state index is 13.0. The maximum Gasteiger partial charge on any atom is 0.243 e. The summed E-state index contributed by atoms with van der Waals surface area (Å²) in [5, 5.41) is 3.21. The van der Waals surface area contributed by atoms with Crippen LogP contribution in [0.3, 0.4) is 0 Å². The van der Waals surface area contributed by atoms with Crippen LogP contribution in [0.2, 0.25) is 0 Å². The predicted octanol–water partition coefficient (Wildman–Crippen LogP) is 1.06. The third-order valence-electron chi connectivity index (χ3n) is 4.71. The molecule has 0 bridgehead atoms. The minimum atomic E-state index is -3.60. The number of nitrogens with one attached hydrogen (secondary N) is 1. The Hall–Kier alpha value is -1.64. The standard InChI is InChI=1S/C18H27N3O4S/c1-2-25-16-5-7-17(8-6-16)26(23,24)21(15-3-4-15)12-9-18(22)20-13-10-19-11-14-20/h5-8,15,19H,2-4,9-14H2,1H3. The molecule has 0 radical (unpaired) electrons. The normalized spacial score (nSPS) is 18.2. The van der Waals surface area contributed by atoms with E-state index in [1.165, 1.54) is 4.31 Å². The number of carbonyl (C=O) groups is 1. The van der Waals surface area contributed by atoms with Crippen LogP contribution in [0.1, 0.15) is 26.2 Å². The Bertz CT molecular complexity index is 710. The van der Waals surface area contributed by atoms with Gasteiger partial charge in [0.2, 0.25) is 15.9 Å². The third kappa shape index (κ3) is 4.55. The Morgan fingerprint density at radius 3 is 2.46 bits per heavy atom. The lowest BCUT2D eigenvalue weighted by molar-refractivity contribution is -0.131. The lowest BCUT2D eigenvalue weighted by atomic mass is 10.3. The van der Waals surface area contributed by atoms with Crippen molar-refractivity contribution in [1.29, 1.82) is 0 Å². The number of hydrogen-bond donors (Lipinski definition) is 1. The smallest absolute Gasteiger partial charge is 0.243 e. The number of rotatable bonds is 8. The van der Waals surface area contributed by atoms with Crippen molar-refractivity contribution >= 4 is 15.9 Å². The molecule has 1 aliphatic carbocycles. The van der Waals surface area contributed by atoms with Crippen molar-refractivity contribution in [3.05, 3.63) is 24.3 Å². The molecule has 26 heavy (non-hydrogen) atoms. The molecule has 1 saturated carbocycles. The van der Waals surface area contributed by atoms with Crippen LogP contribution in [0.25, 0.3) is 0 Å². The van der Waals surface area contributed by atoms with Gasteiger partial charge in [-0.3, -0.25) is 4.79 Å². The number of ether oxygens (including phenoxy) is 1. The Morgan fingerprint density at radius 1 is 1.23 bits per heavy atom. The van der Waals surface area contributed by atoms with E-state index in [9.17, 15) is 13.2 Å². The first-order chi connectivity index (χ1) is 12.5. The molecule has 0 unspecified atom stereocenters. The Labute approximate surface area is 155 Å². The van der Waals surface area contributed by atoms with E-state index in [2.05, 4.69) is 5.32 Å². The first-order valence-electron chi connectivity index (χ1n) is 9.25. The van der Waals surface area contributed by atoms with Gasteiger partial charge < -0.3 is 15.0 Å². The molecule has 1 aromatic rings. The van der Waals surface area contributed by atoms with E-state index < -0.39 is 10.0 Å². The van der Waals surface area contributed by atoms with Crippen LogP contribution in [-0.4, -0.2) is 68.9 Å². The molecule has 1 amide bonds. The zero-order chi connectivity index (χ0) is 18.6. The molecule has 8 heteroatoms. The maximum absolute atomic E-state index is 13.0. The zero-order valence-electron chi connectivity index (χ0n) is 15.2. The summed E-state index contributed by atoms with van der Waals surface area (Å²) in [4.78, 5) is 14.4. The highest BCUT2D eigenvalue weighted by Gasteiger charge is 2.38. The summed E-state index contributed by atoms with van der Waals surface area (Å²) in [6, 6.07) is 6.52. The summed E-state index contributed by atoms with van der Waals surface area (Å²) < 4.78 is 32.9. The molecule has 1 heterocycles. The second-order valence-electron chi connectivity index (χ2n) is 6.63. The largest absolute Gasteiger partial charge is 0.494 e. The highest BCUT2D eigenvalue weighted by Crippen LogP contribution is 2.32. The molecule has 1 aliphatic heterocycles. The average Bonchev–Trinajstić information content (AvgIpc) is 3.48. The molecule has 0 atom stereocenters. The lowest BCUT2D eigenvalue weighted by Crippen LogP contribution is -2.47. The molecule has 1 N–H and O–H groups in total. The minimum Gasteiger partial charge on any atom is -0.494 e. The van der Waals surface area contributed by atoms with Crippen LogP contribution in [0.5, 0.6) is 5.75 Å². The number of nitrogens with zero attached hydrogens (tertiary/aromatic N) is 2. The van der Waals surface area contributed by atoms with Crippen LogP contribution < -0.4 is 10.1 Å². The quantitative estimate of drug-likeness (QED) is 0.728. The summed E-state index contributed by atoms with van der Waals surface area (Å²) >= 11 is 0. The molecule has 1 aromatic carbocycles. The fourth-order valence-electron chi connectivity index (χ4n) is 3.15. The first-order valence-corrected chi connectivity index (χ1v) is 10.7. The highest BCUT2D eigenvalue weighted by atomic mass is 32.2. The van der Waals surface area contributed by atoms with Gasteiger partial charge in [-0.1, -0.05) is 0 Å². The van der Waals surface area contributed by atoms with Gasteiger partial charge in [-0.05, 0) is 44.0 Å². The number of sulfonamides is 1. The van der Waals surface area contributed by atoms with Gasteiger partial charge in [0.15, 0.2) is 0 Å². The number of benzene rings is 1. The van der Waals surface area contributed by atoms with Gasteiger partial charge in [-0.2, -0.15) is 4.31 Å². The number of piperazine rings is 1. The summed E-state index contributed by atoms with van der Waals surface area (Å²) in [5.41, 5.74) is 0. The third-order valence-corrected chi connectivity index (χ3v) is 6.68. The summed E-state index contributed by atoms with van der Waals surface area (Å²) in [6.45, 7) is 5.62. The molecule has 3 rings (SSSR count). The van der Waals surface area contributed by atoms with E-state index in [1.54, 1.807) is 24.3 Å². The van der Waals surface area contributed by atoms with Crippen molar-refractivity contribution in [3.8, 4) is 5.75 Å². The predicted molar refractivity (Wildman–Crippen MR) is 98.6 cm³/mol. The monoisotopic (exact) mass is 381 g/mol. The number of hydrogen-bond acceptors (Lipinski definition) is 5. The molecule has 2 aliphatic rings. The van der Waals surface area contributed by atoms with E-state index in [-0.39, 0.29) is 29.8 Å². The summed E-state index contributed by atoms with van der Waals surface area (Å²) in [5.74, 6) is 0.678. The van der Waals surface area contributed by atoms with E-state index in [1.807, 2.05) is 11.8 Å². The van der Waals surface area contributed by atoms with Crippen molar-refractivity contribution in [2.75, 3.05) is 39.3 Å². The van der Waals surface area contributed by atoms with Crippen molar-refractivity contribution in [3.63, 3.8) is 0 Å². The van der Waals surface area contributed by atoms with E-state index in [4.69, 9.17) is 4.74 Å².